The van der Waals surface area contributed by atoms with Gasteiger partial charge in [-0.2, -0.15) is 5.10 Å². The molecule has 0 saturated heterocycles. The van der Waals surface area contributed by atoms with E-state index in [2.05, 4.69) is 26.5 Å². The zero-order chi connectivity index (χ0) is 17.5. The van der Waals surface area contributed by atoms with Crippen LogP contribution >= 0.6 is 15.9 Å². The highest BCUT2D eigenvalue weighted by atomic mass is 79.9. The second-order valence-electron chi connectivity index (χ2n) is 4.92. The molecule has 0 atom stereocenters. The van der Waals surface area contributed by atoms with E-state index in [4.69, 9.17) is 9.47 Å². The van der Waals surface area contributed by atoms with Crippen molar-refractivity contribution in [1.82, 2.24) is 5.43 Å². The van der Waals surface area contributed by atoms with Gasteiger partial charge in [-0.1, -0.05) is 0 Å². The van der Waals surface area contributed by atoms with E-state index in [1.54, 1.807) is 50.4 Å². The number of benzene rings is 2. The summed E-state index contributed by atoms with van der Waals surface area (Å²) in [5, 5.41) is 13.3. The number of aryl methyl sites for hydroxylation is 1. The molecule has 0 aliphatic heterocycles. The first-order valence-corrected chi connectivity index (χ1v) is 7.86. The Morgan fingerprint density at radius 3 is 2.79 bits per heavy atom. The minimum absolute atomic E-state index is 0.170. The van der Waals surface area contributed by atoms with Crippen LogP contribution in [0.15, 0.2) is 46.0 Å². The smallest absolute Gasteiger partial charge is 0.277 e. The van der Waals surface area contributed by atoms with Crippen molar-refractivity contribution < 1.29 is 19.4 Å². The normalized spacial score (nSPS) is 10.6. The number of hydrogen-bond donors (Lipinski definition) is 2. The van der Waals surface area contributed by atoms with Crippen molar-refractivity contribution in [2.75, 3.05) is 13.7 Å². The van der Waals surface area contributed by atoms with Crippen LogP contribution in [0.25, 0.3) is 0 Å². The first-order chi connectivity index (χ1) is 11.5. The second-order valence-corrected chi connectivity index (χ2v) is 5.78. The van der Waals surface area contributed by atoms with Gasteiger partial charge in [0.15, 0.2) is 6.61 Å². The Bertz CT molecular complexity index is 762. The molecule has 0 aliphatic rings. The summed E-state index contributed by atoms with van der Waals surface area (Å²) in [6.07, 6.45) is 1.49. The van der Waals surface area contributed by atoms with Gasteiger partial charge >= 0.3 is 0 Å². The lowest BCUT2D eigenvalue weighted by molar-refractivity contribution is -0.123. The number of carbonyl (C=O) groups excluding carboxylic acids is 1. The Morgan fingerprint density at radius 1 is 1.33 bits per heavy atom. The Hall–Kier alpha value is -2.54. The van der Waals surface area contributed by atoms with Gasteiger partial charge in [0.05, 0.1) is 17.8 Å². The van der Waals surface area contributed by atoms with Crippen LogP contribution in [-0.4, -0.2) is 30.9 Å². The molecule has 24 heavy (non-hydrogen) atoms. The predicted octanol–water partition coefficient (Wildman–Crippen LogP) is 3.00. The SMILES string of the molecule is COc1ccc(OCC(=O)N/N=C/c2ccc(O)c(C)c2)c(Br)c1. The number of amides is 1. The third-order valence-corrected chi connectivity index (χ3v) is 3.74. The number of halogens is 1. The summed E-state index contributed by atoms with van der Waals surface area (Å²) in [6, 6.07) is 10.2. The number of ether oxygens (including phenoxy) is 2. The standard InChI is InChI=1S/C17H17BrN2O4/c1-11-7-12(3-5-15(11)21)9-19-20-17(22)10-24-16-6-4-13(23-2)8-14(16)18/h3-9,21H,10H2,1-2H3,(H,20,22)/b19-9+. The molecule has 0 unspecified atom stereocenters. The molecule has 1 amide bonds. The van der Waals surface area contributed by atoms with Crippen LogP contribution in [0.2, 0.25) is 0 Å². The number of carbonyl (C=O) groups is 1. The first-order valence-electron chi connectivity index (χ1n) is 7.07. The zero-order valence-corrected chi connectivity index (χ0v) is 14.8. The Kier molecular flexibility index (Phi) is 6.20. The number of hydrogen-bond acceptors (Lipinski definition) is 5. The number of phenolic OH excluding ortho intramolecular Hbond substituents is 1. The monoisotopic (exact) mass is 392 g/mol. The maximum Gasteiger partial charge on any atom is 0.277 e. The van der Waals surface area contributed by atoms with Gasteiger partial charge in [-0.3, -0.25) is 4.79 Å². The highest BCUT2D eigenvalue weighted by molar-refractivity contribution is 9.10. The van der Waals surface area contributed by atoms with Gasteiger partial charge in [0.2, 0.25) is 0 Å². The molecule has 0 aromatic heterocycles. The summed E-state index contributed by atoms with van der Waals surface area (Å²) < 4.78 is 11.2. The van der Waals surface area contributed by atoms with Crippen LogP contribution < -0.4 is 14.9 Å². The Labute approximate surface area is 148 Å². The molecule has 2 aromatic carbocycles. The maximum atomic E-state index is 11.7. The van der Waals surface area contributed by atoms with E-state index in [1.165, 1.54) is 6.21 Å². The molecular formula is C17H17BrN2O4. The van der Waals surface area contributed by atoms with E-state index >= 15 is 0 Å². The summed E-state index contributed by atoms with van der Waals surface area (Å²) in [5.41, 5.74) is 3.88. The molecule has 0 fully saturated rings. The van der Waals surface area contributed by atoms with Crippen molar-refractivity contribution in [1.29, 1.82) is 0 Å². The fraction of sp³-hybridized carbons (Fsp3) is 0.176. The van der Waals surface area contributed by atoms with Gasteiger partial charge in [-0.25, -0.2) is 5.43 Å². The van der Waals surface area contributed by atoms with E-state index < -0.39 is 0 Å². The molecule has 2 aromatic rings. The average Bonchev–Trinajstić information content (AvgIpc) is 2.57. The van der Waals surface area contributed by atoms with Crippen molar-refractivity contribution >= 4 is 28.1 Å². The molecule has 2 rings (SSSR count). The van der Waals surface area contributed by atoms with Crippen LogP contribution in [0.3, 0.4) is 0 Å². The Balaban J connectivity index is 1.85. The summed E-state index contributed by atoms with van der Waals surface area (Å²) in [5.74, 6) is 1.05. The van der Waals surface area contributed by atoms with Crippen molar-refractivity contribution in [3.8, 4) is 17.2 Å². The third-order valence-electron chi connectivity index (χ3n) is 3.12. The first kappa shape index (κ1) is 17.8. The predicted molar refractivity (Wildman–Crippen MR) is 94.8 cm³/mol. The number of rotatable bonds is 6. The van der Waals surface area contributed by atoms with Crippen molar-refractivity contribution in [3.63, 3.8) is 0 Å². The number of nitrogens with zero attached hydrogens (tertiary/aromatic N) is 1. The summed E-state index contributed by atoms with van der Waals surface area (Å²) in [4.78, 5) is 11.7. The molecule has 0 spiro atoms. The average molecular weight is 393 g/mol. The largest absolute Gasteiger partial charge is 0.508 e. The molecule has 126 valence electrons. The molecular weight excluding hydrogens is 376 g/mol. The van der Waals surface area contributed by atoms with E-state index in [0.29, 0.717) is 16.0 Å². The van der Waals surface area contributed by atoms with E-state index in [0.717, 1.165) is 11.1 Å². The van der Waals surface area contributed by atoms with E-state index in [9.17, 15) is 9.90 Å². The van der Waals surface area contributed by atoms with Gasteiger partial charge in [-0.15, -0.1) is 0 Å². The van der Waals surface area contributed by atoms with Gasteiger partial charge in [0.1, 0.15) is 17.2 Å². The van der Waals surface area contributed by atoms with Crippen LogP contribution in [-0.2, 0) is 4.79 Å². The molecule has 0 aliphatic carbocycles. The Morgan fingerprint density at radius 2 is 2.12 bits per heavy atom. The van der Waals surface area contributed by atoms with Gasteiger partial charge < -0.3 is 14.6 Å². The fourth-order valence-corrected chi connectivity index (χ4v) is 2.31. The van der Waals surface area contributed by atoms with Crippen LogP contribution in [0.5, 0.6) is 17.2 Å². The summed E-state index contributed by atoms with van der Waals surface area (Å²) in [6.45, 7) is 1.61. The zero-order valence-electron chi connectivity index (χ0n) is 13.2. The molecule has 7 heteroatoms. The van der Waals surface area contributed by atoms with Gasteiger partial charge in [-0.05, 0) is 70.4 Å². The minimum atomic E-state index is -0.385. The minimum Gasteiger partial charge on any atom is -0.508 e. The van der Waals surface area contributed by atoms with Crippen molar-refractivity contribution in [2.24, 2.45) is 5.10 Å². The fourth-order valence-electron chi connectivity index (χ4n) is 1.84. The van der Waals surface area contributed by atoms with E-state index in [-0.39, 0.29) is 18.3 Å². The quantitative estimate of drug-likeness (QED) is 0.584. The van der Waals surface area contributed by atoms with Crippen LogP contribution in [0.1, 0.15) is 11.1 Å². The number of hydrazone groups is 1. The molecule has 0 bridgehead atoms. The highest BCUT2D eigenvalue weighted by Crippen LogP contribution is 2.28. The van der Waals surface area contributed by atoms with Gasteiger partial charge in [0, 0.05) is 0 Å². The molecule has 0 heterocycles. The molecule has 0 saturated carbocycles. The molecule has 0 radical (unpaired) electrons. The van der Waals surface area contributed by atoms with Crippen molar-refractivity contribution in [3.05, 3.63) is 52.0 Å². The number of nitrogens with one attached hydrogen (secondary N) is 1. The summed E-state index contributed by atoms with van der Waals surface area (Å²) in [7, 11) is 1.57. The van der Waals surface area contributed by atoms with Crippen LogP contribution in [0.4, 0.5) is 0 Å². The lowest BCUT2D eigenvalue weighted by atomic mass is 10.1. The van der Waals surface area contributed by atoms with E-state index in [1.807, 2.05) is 0 Å². The topological polar surface area (TPSA) is 80.2 Å². The lowest BCUT2D eigenvalue weighted by Crippen LogP contribution is -2.24. The number of phenols is 1. The van der Waals surface area contributed by atoms with Gasteiger partial charge in [0.25, 0.3) is 5.91 Å². The summed E-state index contributed by atoms with van der Waals surface area (Å²) >= 11 is 3.35. The second kappa shape index (κ2) is 8.35. The highest BCUT2D eigenvalue weighted by Gasteiger charge is 2.06. The van der Waals surface area contributed by atoms with Crippen molar-refractivity contribution in [2.45, 2.75) is 6.92 Å². The molecule has 2 N–H and O–H groups in total. The number of aromatic hydroxyl groups is 1. The number of methoxy groups -OCH3 is 1. The molecule has 6 nitrogen and oxygen atoms in total. The third kappa shape index (κ3) is 4.99. The maximum absolute atomic E-state index is 11.7. The lowest BCUT2D eigenvalue weighted by Gasteiger charge is -2.08. The van der Waals surface area contributed by atoms with Crippen LogP contribution in [0, 0.1) is 6.92 Å².